The van der Waals surface area contributed by atoms with Crippen molar-refractivity contribution in [3.8, 4) is 5.75 Å². The molecule has 1 aliphatic rings. The first-order valence-corrected chi connectivity index (χ1v) is 9.91. The van der Waals surface area contributed by atoms with Crippen LogP contribution < -0.4 is 9.46 Å². The summed E-state index contributed by atoms with van der Waals surface area (Å²) in [5, 5.41) is 0. The molecule has 6 heteroatoms. The molecule has 1 N–H and O–H groups in total. The Bertz CT molecular complexity index is 583. The molecule has 0 aromatic heterocycles. The van der Waals surface area contributed by atoms with Crippen molar-refractivity contribution in [1.82, 2.24) is 4.72 Å². The molecule has 1 aromatic carbocycles. The minimum Gasteiger partial charge on any atom is -0.491 e. The lowest BCUT2D eigenvalue weighted by molar-refractivity contribution is -0.0279. The van der Waals surface area contributed by atoms with E-state index in [0.29, 0.717) is 19.1 Å². The van der Waals surface area contributed by atoms with Crippen LogP contribution in [0.1, 0.15) is 45.1 Å². The van der Waals surface area contributed by atoms with Gasteiger partial charge in [-0.1, -0.05) is 26.0 Å². The topological polar surface area (TPSA) is 64.6 Å². The van der Waals surface area contributed by atoms with Crippen LogP contribution in [0.3, 0.4) is 0 Å². The summed E-state index contributed by atoms with van der Waals surface area (Å²) >= 11 is 0. The summed E-state index contributed by atoms with van der Waals surface area (Å²) < 4.78 is 37.8. The summed E-state index contributed by atoms with van der Waals surface area (Å²) in [6.45, 7) is 6.92. The molecule has 1 heterocycles. The van der Waals surface area contributed by atoms with Crippen molar-refractivity contribution in [3.05, 3.63) is 29.8 Å². The summed E-state index contributed by atoms with van der Waals surface area (Å²) in [4.78, 5) is 0. The minimum absolute atomic E-state index is 0.0771. The normalized spacial score (nSPS) is 22.3. The maximum atomic E-state index is 11.8. The minimum atomic E-state index is -3.24. The highest BCUT2D eigenvalue weighted by atomic mass is 32.2. The Kier molecular flexibility index (Phi) is 6.44. The lowest BCUT2D eigenvalue weighted by Crippen LogP contribution is -2.49. The zero-order valence-corrected chi connectivity index (χ0v) is 14.9. The van der Waals surface area contributed by atoms with E-state index in [4.69, 9.17) is 9.47 Å². The third-order valence-electron chi connectivity index (χ3n) is 4.11. The SMILES string of the molecule is CCS(=O)(=O)N[C@@H]1CCCO[C@H]1COc1ccc(C(C)C)cc1. The number of sulfonamides is 1. The van der Waals surface area contributed by atoms with Gasteiger partial charge in [-0.3, -0.25) is 0 Å². The monoisotopic (exact) mass is 341 g/mol. The van der Waals surface area contributed by atoms with Gasteiger partial charge in [0.05, 0.1) is 11.8 Å². The maximum Gasteiger partial charge on any atom is 0.211 e. The number of hydrogen-bond acceptors (Lipinski definition) is 4. The highest BCUT2D eigenvalue weighted by molar-refractivity contribution is 7.89. The Morgan fingerprint density at radius 2 is 2.00 bits per heavy atom. The van der Waals surface area contributed by atoms with Crippen LogP contribution >= 0.6 is 0 Å². The highest BCUT2D eigenvalue weighted by Crippen LogP contribution is 2.20. The zero-order valence-electron chi connectivity index (χ0n) is 14.1. The second-order valence-electron chi connectivity index (χ2n) is 6.21. The van der Waals surface area contributed by atoms with Gasteiger partial charge in [-0.05, 0) is 43.4 Å². The number of ether oxygens (including phenoxy) is 2. The van der Waals surface area contributed by atoms with Crippen LogP contribution in [0, 0.1) is 0 Å². The molecule has 1 fully saturated rings. The van der Waals surface area contributed by atoms with Crippen molar-refractivity contribution in [3.63, 3.8) is 0 Å². The average molecular weight is 341 g/mol. The van der Waals surface area contributed by atoms with E-state index in [1.165, 1.54) is 5.56 Å². The molecule has 130 valence electrons. The Morgan fingerprint density at radius 1 is 1.30 bits per heavy atom. The molecule has 0 amide bonds. The van der Waals surface area contributed by atoms with Gasteiger partial charge in [0.2, 0.25) is 10.0 Å². The van der Waals surface area contributed by atoms with E-state index in [1.54, 1.807) is 6.92 Å². The van der Waals surface area contributed by atoms with Gasteiger partial charge in [0, 0.05) is 6.61 Å². The molecule has 1 aliphatic heterocycles. The molecule has 0 unspecified atom stereocenters. The second kappa shape index (κ2) is 8.13. The summed E-state index contributed by atoms with van der Waals surface area (Å²) in [6, 6.07) is 7.79. The first-order valence-electron chi connectivity index (χ1n) is 8.25. The molecule has 23 heavy (non-hydrogen) atoms. The summed E-state index contributed by atoms with van der Waals surface area (Å²) in [5.74, 6) is 1.34. The molecule has 1 aromatic rings. The maximum absolute atomic E-state index is 11.8. The van der Waals surface area contributed by atoms with Gasteiger partial charge in [0.15, 0.2) is 0 Å². The predicted molar refractivity (Wildman–Crippen MR) is 91.4 cm³/mol. The molecule has 5 nitrogen and oxygen atoms in total. The number of rotatable bonds is 7. The van der Waals surface area contributed by atoms with E-state index in [2.05, 4.69) is 30.7 Å². The van der Waals surface area contributed by atoms with Gasteiger partial charge in [-0.25, -0.2) is 13.1 Å². The van der Waals surface area contributed by atoms with Gasteiger partial charge >= 0.3 is 0 Å². The van der Waals surface area contributed by atoms with E-state index < -0.39 is 10.0 Å². The van der Waals surface area contributed by atoms with Crippen molar-refractivity contribution in [2.75, 3.05) is 19.0 Å². The lowest BCUT2D eigenvalue weighted by atomic mass is 10.0. The molecule has 1 saturated heterocycles. The average Bonchev–Trinajstić information content (AvgIpc) is 2.54. The van der Waals surface area contributed by atoms with Crippen molar-refractivity contribution in [2.24, 2.45) is 0 Å². The molecule has 2 rings (SSSR count). The molecule has 0 saturated carbocycles. The Morgan fingerprint density at radius 3 is 2.61 bits per heavy atom. The number of benzene rings is 1. The first kappa shape index (κ1) is 18.2. The second-order valence-corrected chi connectivity index (χ2v) is 8.26. The van der Waals surface area contributed by atoms with E-state index >= 15 is 0 Å². The van der Waals surface area contributed by atoms with Crippen LogP contribution in [0.15, 0.2) is 24.3 Å². The largest absolute Gasteiger partial charge is 0.491 e. The molecular formula is C17H27NO4S. The van der Waals surface area contributed by atoms with Crippen LogP contribution in [-0.2, 0) is 14.8 Å². The fourth-order valence-corrected chi connectivity index (χ4v) is 3.48. The highest BCUT2D eigenvalue weighted by Gasteiger charge is 2.29. The van der Waals surface area contributed by atoms with Crippen molar-refractivity contribution in [1.29, 1.82) is 0 Å². The molecule has 0 radical (unpaired) electrons. The van der Waals surface area contributed by atoms with Gasteiger partial charge < -0.3 is 9.47 Å². The summed E-state index contributed by atoms with van der Waals surface area (Å²) in [5.41, 5.74) is 1.26. The Labute approximate surface area is 139 Å². The van der Waals surface area contributed by atoms with Crippen LogP contribution in [0.4, 0.5) is 0 Å². The Balaban J connectivity index is 1.94. The van der Waals surface area contributed by atoms with E-state index in [9.17, 15) is 8.42 Å². The lowest BCUT2D eigenvalue weighted by Gasteiger charge is -2.31. The standard InChI is InChI=1S/C17H27NO4S/c1-4-23(19,20)18-16-6-5-11-21-17(16)12-22-15-9-7-14(8-10-15)13(2)3/h7-10,13,16-18H,4-6,11-12H2,1-3H3/t16-,17+/m1/s1. The van der Waals surface area contributed by atoms with Gasteiger partial charge in [0.25, 0.3) is 0 Å². The first-order chi connectivity index (χ1) is 10.9. The Hall–Kier alpha value is -1.11. The number of nitrogens with one attached hydrogen (secondary N) is 1. The van der Waals surface area contributed by atoms with E-state index in [0.717, 1.165) is 18.6 Å². The van der Waals surface area contributed by atoms with Crippen molar-refractivity contribution < 1.29 is 17.9 Å². The van der Waals surface area contributed by atoms with E-state index in [1.807, 2.05) is 12.1 Å². The summed E-state index contributed by atoms with van der Waals surface area (Å²) in [6.07, 6.45) is 1.38. The van der Waals surface area contributed by atoms with Gasteiger partial charge in [0.1, 0.15) is 18.5 Å². The van der Waals surface area contributed by atoms with Crippen LogP contribution in [0.2, 0.25) is 0 Å². The third-order valence-corrected chi connectivity index (χ3v) is 5.53. The van der Waals surface area contributed by atoms with Gasteiger partial charge in [-0.2, -0.15) is 0 Å². The molecule has 0 aliphatic carbocycles. The van der Waals surface area contributed by atoms with Crippen molar-refractivity contribution >= 4 is 10.0 Å². The molecule has 2 atom stereocenters. The van der Waals surface area contributed by atoms with E-state index in [-0.39, 0.29) is 17.9 Å². The fraction of sp³-hybridized carbons (Fsp3) is 0.647. The van der Waals surface area contributed by atoms with Crippen molar-refractivity contribution in [2.45, 2.75) is 51.7 Å². The molecule has 0 bridgehead atoms. The molecular weight excluding hydrogens is 314 g/mol. The predicted octanol–water partition coefficient (Wildman–Crippen LogP) is 2.68. The third kappa shape index (κ3) is 5.48. The summed E-state index contributed by atoms with van der Waals surface area (Å²) in [7, 11) is -3.24. The fourth-order valence-electron chi connectivity index (χ4n) is 2.58. The smallest absolute Gasteiger partial charge is 0.211 e. The van der Waals surface area contributed by atoms with Crippen LogP contribution in [-0.4, -0.2) is 39.5 Å². The zero-order chi connectivity index (χ0) is 16.9. The van der Waals surface area contributed by atoms with Gasteiger partial charge in [-0.15, -0.1) is 0 Å². The quantitative estimate of drug-likeness (QED) is 0.828. The number of hydrogen-bond donors (Lipinski definition) is 1. The van der Waals surface area contributed by atoms with Crippen LogP contribution in [0.25, 0.3) is 0 Å². The molecule has 0 spiro atoms. The van der Waals surface area contributed by atoms with Crippen LogP contribution in [0.5, 0.6) is 5.75 Å².